The van der Waals surface area contributed by atoms with Crippen LogP contribution in [-0.2, 0) is 4.79 Å². The minimum atomic E-state index is -1.03. The summed E-state index contributed by atoms with van der Waals surface area (Å²) >= 11 is 0. The minimum absolute atomic E-state index is 0.199. The van der Waals surface area contributed by atoms with Crippen LogP contribution in [-0.4, -0.2) is 17.3 Å². The van der Waals surface area contributed by atoms with Crippen LogP contribution in [0.3, 0.4) is 0 Å². The summed E-state index contributed by atoms with van der Waals surface area (Å²) in [5.41, 5.74) is 1.25. The molecule has 0 aliphatic carbocycles. The molecule has 0 radical (unpaired) electrons. The third-order valence-electron chi connectivity index (χ3n) is 2.86. The zero-order chi connectivity index (χ0) is 14.5. The first-order valence-corrected chi connectivity index (χ1v) is 6.04. The largest absolute Gasteiger partial charge is 0.285 e. The number of benzene rings is 2. The number of hydrogen-bond acceptors (Lipinski definition) is 3. The Morgan fingerprint density at radius 3 is 1.75 bits per heavy atom. The van der Waals surface area contributed by atoms with Gasteiger partial charge in [-0.2, -0.15) is 0 Å². The van der Waals surface area contributed by atoms with Crippen LogP contribution in [0.1, 0.15) is 26.3 Å². The van der Waals surface area contributed by atoms with E-state index in [-0.39, 0.29) is 11.1 Å². The van der Waals surface area contributed by atoms with Gasteiger partial charge in [-0.15, -0.1) is 0 Å². The molecule has 0 saturated heterocycles. The van der Waals surface area contributed by atoms with Gasteiger partial charge in [0.1, 0.15) is 0 Å². The zero-order valence-electron chi connectivity index (χ0n) is 10.7. The predicted molar refractivity (Wildman–Crippen MR) is 76.6 cm³/mol. The van der Waals surface area contributed by atoms with Gasteiger partial charge in [0.15, 0.2) is 0 Å². The summed E-state index contributed by atoms with van der Waals surface area (Å²) < 4.78 is 0. The quantitative estimate of drug-likeness (QED) is 0.474. The Kier molecular flexibility index (Phi) is 4.01. The van der Waals surface area contributed by atoms with Crippen LogP contribution in [0.25, 0.3) is 6.08 Å². The zero-order valence-corrected chi connectivity index (χ0v) is 10.7. The molecule has 0 saturated carbocycles. The molecule has 3 nitrogen and oxygen atoms in total. The molecule has 0 aliphatic rings. The number of rotatable bonds is 5. The Bertz CT molecular complexity index is 667. The highest BCUT2D eigenvalue weighted by Gasteiger charge is 2.24. The first-order valence-electron chi connectivity index (χ1n) is 6.04. The van der Waals surface area contributed by atoms with Gasteiger partial charge in [0.05, 0.1) is 0 Å². The fraction of sp³-hybridized carbons (Fsp3) is 0. The smallest absolute Gasteiger partial charge is 0.273 e. The molecule has 0 aromatic heterocycles. The molecule has 2 aromatic carbocycles. The fourth-order valence-corrected chi connectivity index (χ4v) is 1.73. The van der Waals surface area contributed by atoms with Gasteiger partial charge in [-0.25, -0.2) is 0 Å². The summed E-state index contributed by atoms with van der Waals surface area (Å²) in [5.74, 6) is -2.61. The second-order valence-corrected chi connectivity index (χ2v) is 4.18. The van der Waals surface area contributed by atoms with Crippen molar-refractivity contribution in [1.82, 2.24) is 0 Å². The topological polar surface area (TPSA) is 51.2 Å². The van der Waals surface area contributed by atoms with Gasteiger partial charge in [-0.05, 0) is 5.56 Å². The van der Waals surface area contributed by atoms with E-state index in [2.05, 4.69) is 6.58 Å². The van der Waals surface area contributed by atoms with Crippen molar-refractivity contribution in [3.63, 3.8) is 0 Å². The number of carbonyl (C=O) groups excluding carboxylic acids is 3. The number of ketones is 3. The Morgan fingerprint density at radius 2 is 1.25 bits per heavy atom. The van der Waals surface area contributed by atoms with E-state index in [0.29, 0.717) is 0 Å². The molecule has 0 heterocycles. The maximum atomic E-state index is 12.0. The molecular formula is C17H12O3. The molecule has 0 spiro atoms. The molecule has 0 amide bonds. The maximum Gasteiger partial charge on any atom is 0.273 e. The van der Waals surface area contributed by atoms with Crippen LogP contribution < -0.4 is 0 Å². The highest BCUT2D eigenvalue weighted by Crippen LogP contribution is 2.09. The first kappa shape index (κ1) is 13.6. The summed E-state index contributed by atoms with van der Waals surface area (Å²) in [5, 5.41) is 0. The molecule has 98 valence electrons. The van der Waals surface area contributed by atoms with Crippen molar-refractivity contribution in [1.29, 1.82) is 0 Å². The highest BCUT2D eigenvalue weighted by molar-refractivity contribution is 6.69. The van der Waals surface area contributed by atoms with Gasteiger partial charge in [-0.1, -0.05) is 67.3 Å². The van der Waals surface area contributed by atoms with E-state index < -0.39 is 17.3 Å². The lowest BCUT2D eigenvalue weighted by Gasteiger charge is -2.01. The lowest BCUT2D eigenvalue weighted by Crippen LogP contribution is -2.24. The molecule has 2 aromatic rings. The highest BCUT2D eigenvalue weighted by atomic mass is 16.2. The normalized spacial score (nSPS) is 9.80. The molecular weight excluding hydrogens is 252 g/mol. The average molecular weight is 264 g/mol. The predicted octanol–water partition coefficient (Wildman–Crippen LogP) is 2.96. The molecule has 2 rings (SSSR count). The summed E-state index contributed by atoms with van der Waals surface area (Å²) in [6.07, 6.45) is 1.63. The van der Waals surface area contributed by atoms with Crippen molar-refractivity contribution >= 4 is 23.4 Å². The van der Waals surface area contributed by atoms with E-state index in [1.54, 1.807) is 36.4 Å². The summed E-state index contributed by atoms with van der Waals surface area (Å²) in [7, 11) is 0. The molecule has 0 aliphatic heterocycles. The van der Waals surface area contributed by atoms with Crippen LogP contribution in [0.15, 0.2) is 61.2 Å². The summed E-state index contributed by atoms with van der Waals surface area (Å²) in [6.45, 7) is 3.60. The fourth-order valence-electron chi connectivity index (χ4n) is 1.73. The number of carbonyl (C=O) groups is 3. The van der Waals surface area contributed by atoms with Crippen molar-refractivity contribution in [3.05, 3.63) is 77.9 Å². The van der Waals surface area contributed by atoms with Crippen molar-refractivity contribution in [2.24, 2.45) is 0 Å². The molecule has 0 atom stereocenters. The van der Waals surface area contributed by atoms with E-state index in [1.807, 2.05) is 0 Å². The van der Waals surface area contributed by atoms with Gasteiger partial charge >= 0.3 is 0 Å². The van der Waals surface area contributed by atoms with Crippen molar-refractivity contribution in [2.45, 2.75) is 0 Å². The molecule has 0 unspecified atom stereocenters. The molecule has 0 N–H and O–H groups in total. The van der Waals surface area contributed by atoms with E-state index in [1.165, 1.54) is 24.3 Å². The minimum Gasteiger partial charge on any atom is -0.285 e. The van der Waals surface area contributed by atoms with Gasteiger partial charge in [-0.3, -0.25) is 14.4 Å². The first-order chi connectivity index (χ1) is 9.63. The van der Waals surface area contributed by atoms with Crippen molar-refractivity contribution < 1.29 is 14.4 Å². The van der Waals surface area contributed by atoms with Crippen LogP contribution >= 0.6 is 0 Å². The van der Waals surface area contributed by atoms with E-state index >= 15 is 0 Å². The van der Waals surface area contributed by atoms with E-state index in [9.17, 15) is 14.4 Å². The second kappa shape index (κ2) is 5.89. The van der Waals surface area contributed by atoms with Crippen molar-refractivity contribution in [3.8, 4) is 0 Å². The molecule has 3 heteroatoms. The van der Waals surface area contributed by atoms with Gasteiger partial charge in [0.25, 0.3) is 5.78 Å². The lowest BCUT2D eigenvalue weighted by molar-refractivity contribution is -0.111. The van der Waals surface area contributed by atoms with Gasteiger partial charge in [0.2, 0.25) is 11.6 Å². The van der Waals surface area contributed by atoms with Crippen LogP contribution in [0.4, 0.5) is 0 Å². The standard InChI is InChI=1S/C17H12O3/c1-2-12-8-10-14(11-9-12)16(19)17(20)15(18)13-6-4-3-5-7-13/h2-11H,1H2. The number of hydrogen-bond donors (Lipinski definition) is 0. The SMILES string of the molecule is C=Cc1ccc(C(=O)C(=O)C(=O)c2ccccc2)cc1. The Balaban J connectivity index is 2.22. The summed E-state index contributed by atoms with van der Waals surface area (Å²) in [4.78, 5) is 35.7. The van der Waals surface area contributed by atoms with Crippen LogP contribution in [0.5, 0.6) is 0 Å². The Hall–Kier alpha value is -2.81. The van der Waals surface area contributed by atoms with Gasteiger partial charge in [0, 0.05) is 11.1 Å². The lowest BCUT2D eigenvalue weighted by atomic mass is 9.99. The van der Waals surface area contributed by atoms with Gasteiger partial charge < -0.3 is 0 Å². The van der Waals surface area contributed by atoms with Crippen LogP contribution in [0, 0.1) is 0 Å². The third-order valence-corrected chi connectivity index (χ3v) is 2.86. The van der Waals surface area contributed by atoms with Crippen molar-refractivity contribution in [2.75, 3.05) is 0 Å². The second-order valence-electron chi connectivity index (χ2n) is 4.18. The average Bonchev–Trinajstić information content (AvgIpc) is 2.53. The summed E-state index contributed by atoms with van der Waals surface area (Å²) in [6, 6.07) is 14.4. The van der Waals surface area contributed by atoms with Crippen LogP contribution in [0.2, 0.25) is 0 Å². The molecule has 20 heavy (non-hydrogen) atoms. The Labute approximate surface area is 116 Å². The monoisotopic (exact) mass is 264 g/mol. The van der Waals surface area contributed by atoms with E-state index in [0.717, 1.165) is 5.56 Å². The van der Waals surface area contributed by atoms with E-state index in [4.69, 9.17) is 0 Å². The molecule has 0 fully saturated rings. The third kappa shape index (κ3) is 2.78. The maximum absolute atomic E-state index is 12.0. The number of Topliss-reactive ketones (excluding diaryl/α,β-unsaturated/α-hetero) is 3. The molecule has 0 bridgehead atoms. The Morgan fingerprint density at radius 1 is 0.750 bits per heavy atom.